The minimum atomic E-state index is -0.633. The van der Waals surface area contributed by atoms with E-state index in [1.807, 2.05) is 15.9 Å². The number of benzene rings is 1. The minimum Gasteiger partial charge on any atom is -0.364 e. The summed E-state index contributed by atoms with van der Waals surface area (Å²) in [4.78, 5) is 44.9. The summed E-state index contributed by atoms with van der Waals surface area (Å²) in [5.41, 5.74) is 7.83. The maximum Gasteiger partial charge on any atom is 0.267 e. The van der Waals surface area contributed by atoms with Crippen LogP contribution < -0.4 is 5.73 Å². The van der Waals surface area contributed by atoms with Crippen LogP contribution in [-0.2, 0) is 0 Å². The van der Waals surface area contributed by atoms with E-state index in [1.165, 1.54) is 12.3 Å². The molecule has 2 bridgehead atoms. The highest BCUT2D eigenvalue weighted by Crippen LogP contribution is 2.31. The SMILES string of the molecule is NC(=O)c1ccc(C(=O)N2CC3CCC2CN3C(=O)c2ccc3nsnc3c2)cn1. The van der Waals surface area contributed by atoms with E-state index in [1.54, 1.807) is 18.2 Å². The summed E-state index contributed by atoms with van der Waals surface area (Å²) in [6, 6.07) is 8.31. The monoisotopic (exact) mass is 422 g/mol. The third kappa shape index (κ3) is 3.09. The fraction of sp³-hybridized carbons (Fsp3) is 0.300. The van der Waals surface area contributed by atoms with Gasteiger partial charge in [0.25, 0.3) is 17.7 Å². The number of nitrogens with zero attached hydrogens (tertiary/aromatic N) is 5. The topological polar surface area (TPSA) is 122 Å². The number of rotatable bonds is 3. The molecule has 0 radical (unpaired) electrons. The smallest absolute Gasteiger partial charge is 0.267 e. The summed E-state index contributed by atoms with van der Waals surface area (Å²) in [6.07, 6.45) is 3.09. The molecule has 5 heterocycles. The molecule has 2 atom stereocenters. The largest absolute Gasteiger partial charge is 0.364 e. The number of primary amides is 1. The molecule has 3 fully saturated rings. The Labute approximate surface area is 175 Å². The maximum atomic E-state index is 13.1. The van der Waals surface area contributed by atoms with Gasteiger partial charge in [-0.05, 0) is 43.2 Å². The summed E-state index contributed by atoms with van der Waals surface area (Å²) in [7, 11) is 0. The van der Waals surface area contributed by atoms with Crippen LogP contribution in [0.5, 0.6) is 0 Å². The normalized spacial score (nSPS) is 20.5. The fourth-order valence-electron chi connectivity index (χ4n) is 4.24. The van der Waals surface area contributed by atoms with E-state index in [-0.39, 0.29) is 29.6 Å². The first-order valence-corrected chi connectivity index (χ1v) is 10.3. The van der Waals surface area contributed by atoms with Crippen molar-refractivity contribution in [2.75, 3.05) is 13.1 Å². The van der Waals surface area contributed by atoms with Crippen molar-refractivity contribution in [1.82, 2.24) is 23.5 Å². The highest BCUT2D eigenvalue weighted by Gasteiger charge is 2.43. The quantitative estimate of drug-likeness (QED) is 0.679. The van der Waals surface area contributed by atoms with Crippen LogP contribution in [0.2, 0.25) is 0 Å². The van der Waals surface area contributed by atoms with Crippen LogP contribution in [0, 0.1) is 0 Å². The number of fused-ring (bicyclic) bond motifs is 4. The molecule has 0 aliphatic carbocycles. The van der Waals surface area contributed by atoms with Crippen molar-refractivity contribution in [3.8, 4) is 0 Å². The zero-order valence-electron chi connectivity index (χ0n) is 15.9. The number of amides is 3. The Balaban J connectivity index is 1.33. The first-order valence-electron chi connectivity index (χ1n) is 9.61. The number of hydrogen-bond acceptors (Lipinski definition) is 7. The first kappa shape index (κ1) is 18.6. The summed E-state index contributed by atoms with van der Waals surface area (Å²) in [6.45, 7) is 0.975. The second kappa shape index (κ2) is 7.13. The minimum absolute atomic E-state index is 0.0337. The third-order valence-corrected chi connectivity index (χ3v) is 6.37. The van der Waals surface area contributed by atoms with Gasteiger partial charge in [-0.2, -0.15) is 8.75 Å². The van der Waals surface area contributed by atoms with Gasteiger partial charge in [0.05, 0.1) is 17.3 Å². The number of nitrogens with two attached hydrogens (primary N) is 1. The van der Waals surface area contributed by atoms with Crippen LogP contribution >= 0.6 is 11.7 Å². The van der Waals surface area contributed by atoms with Crippen molar-refractivity contribution < 1.29 is 14.4 Å². The second-order valence-corrected chi connectivity index (χ2v) is 8.09. The Hall–Kier alpha value is -3.40. The Morgan fingerprint density at radius 3 is 2.13 bits per heavy atom. The summed E-state index contributed by atoms with van der Waals surface area (Å²) in [5, 5.41) is 0. The van der Waals surface area contributed by atoms with Crippen LogP contribution in [0.15, 0.2) is 36.5 Å². The summed E-state index contributed by atoms with van der Waals surface area (Å²) < 4.78 is 8.39. The molecule has 2 unspecified atom stereocenters. The van der Waals surface area contributed by atoms with Crippen molar-refractivity contribution in [1.29, 1.82) is 0 Å². The molecule has 0 spiro atoms. The van der Waals surface area contributed by atoms with E-state index in [2.05, 4.69) is 13.7 Å². The van der Waals surface area contributed by atoms with E-state index in [0.29, 0.717) is 24.2 Å². The predicted octanol–water partition coefficient (Wildman–Crippen LogP) is 1.31. The molecule has 2 aromatic heterocycles. The molecule has 3 aliphatic rings. The van der Waals surface area contributed by atoms with Crippen LogP contribution in [0.1, 0.15) is 44.0 Å². The molecule has 9 nitrogen and oxygen atoms in total. The van der Waals surface area contributed by atoms with Gasteiger partial charge in [-0.1, -0.05) is 0 Å². The van der Waals surface area contributed by atoms with E-state index < -0.39 is 5.91 Å². The van der Waals surface area contributed by atoms with Crippen LogP contribution in [0.4, 0.5) is 0 Å². The lowest BCUT2D eigenvalue weighted by atomic mass is 9.89. The molecule has 3 saturated heterocycles. The zero-order valence-corrected chi connectivity index (χ0v) is 16.7. The van der Waals surface area contributed by atoms with Gasteiger partial charge >= 0.3 is 0 Å². The van der Waals surface area contributed by atoms with Gasteiger partial charge in [0.15, 0.2) is 0 Å². The van der Waals surface area contributed by atoms with Crippen molar-refractivity contribution in [2.24, 2.45) is 5.73 Å². The van der Waals surface area contributed by atoms with Crippen molar-refractivity contribution >= 4 is 40.5 Å². The van der Waals surface area contributed by atoms with Gasteiger partial charge in [0.1, 0.15) is 16.7 Å². The zero-order chi connectivity index (χ0) is 20.8. The van der Waals surface area contributed by atoms with Gasteiger partial charge in [0.2, 0.25) is 0 Å². The van der Waals surface area contributed by atoms with Gasteiger partial charge in [-0.15, -0.1) is 0 Å². The number of piperidine rings is 2. The standard InChI is InChI=1S/C20H18N6O3S/c21-18(27)16-6-2-12(8-22-16)20(29)26-10-13-3-4-14(26)9-25(13)19(28)11-1-5-15-17(7-11)24-30-23-15/h1-2,5-8,13-14H,3-4,9-10H2,(H2,21,27). The molecular formula is C20H18N6O3S. The maximum absolute atomic E-state index is 13.1. The lowest BCUT2D eigenvalue weighted by Gasteiger charge is -2.51. The Bertz CT molecular complexity index is 1160. The summed E-state index contributed by atoms with van der Waals surface area (Å²) >= 11 is 1.12. The van der Waals surface area contributed by atoms with Crippen molar-refractivity contribution in [3.05, 3.63) is 53.3 Å². The van der Waals surface area contributed by atoms with Crippen LogP contribution in [0.25, 0.3) is 11.0 Å². The number of piperazine rings is 1. The first-order chi connectivity index (χ1) is 14.5. The predicted molar refractivity (Wildman–Crippen MR) is 109 cm³/mol. The van der Waals surface area contributed by atoms with E-state index in [9.17, 15) is 14.4 Å². The van der Waals surface area contributed by atoms with E-state index >= 15 is 0 Å². The molecule has 3 aromatic rings. The van der Waals surface area contributed by atoms with Crippen LogP contribution in [0.3, 0.4) is 0 Å². The Kier molecular flexibility index (Phi) is 4.43. The average Bonchev–Trinajstić information content (AvgIpc) is 3.26. The van der Waals surface area contributed by atoms with Crippen molar-refractivity contribution in [2.45, 2.75) is 24.9 Å². The number of pyridine rings is 1. The van der Waals surface area contributed by atoms with Crippen LogP contribution in [-0.4, -0.2) is 66.4 Å². The van der Waals surface area contributed by atoms with Gasteiger partial charge < -0.3 is 15.5 Å². The molecule has 0 saturated carbocycles. The molecule has 30 heavy (non-hydrogen) atoms. The highest BCUT2D eigenvalue weighted by molar-refractivity contribution is 7.00. The molecule has 3 amide bonds. The molecule has 6 rings (SSSR count). The molecule has 2 N–H and O–H groups in total. The number of aromatic nitrogens is 3. The van der Waals surface area contributed by atoms with Gasteiger partial charge in [-0.3, -0.25) is 19.4 Å². The van der Waals surface area contributed by atoms with E-state index in [0.717, 1.165) is 35.6 Å². The highest BCUT2D eigenvalue weighted by atomic mass is 32.1. The third-order valence-electron chi connectivity index (χ3n) is 5.81. The number of carbonyl (C=O) groups is 3. The molecule has 152 valence electrons. The average molecular weight is 422 g/mol. The van der Waals surface area contributed by atoms with Crippen molar-refractivity contribution in [3.63, 3.8) is 0 Å². The Morgan fingerprint density at radius 2 is 1.53 bits per heavy atom. The second-order valence-electron chi connectivity index (χ2n) is 7.56. The fourth-order valence-corrected chi connectivity index (χ4v) is 4.76. The Morgan fingerprint density at radius 1 is 0.900 bits per heavy atom. The van der Waals surface area contributed by atoms with Gasteiger partial charge in [0, 0.05) is 36.9 Å². The molecule has 10 heteroatoms. The molecule has 3 aliphatic heterocycles. The van der Waals surface area contributed by atoms with Gasteiger partial charge in [-0.25, -0.2) is 0 Å². The summed E-state index contributed by atoms with van der Waals surface area (Å²) in [5.74, 6) is -0.818. The number of carbonyl (C=O) groups excluding carboxylic acids is 3. The number of hydrogen-bond donors (Lipinski definition) is 1. The molecule has 1 aromatic carbocycles. The van der Waals surface area contributed by atoms with E-state index in [4.69, 9.17) is 5.73 Å². The lowest BCUT2D eigenvalue weighted by Crippen LogP contribution is -2.65. The lowest BCUT2D eigenvalue weighted by molar-refractivity contribution is -0.00608. The molecular weight excluding hydrogens is 404 g/mol.